The van der Waals surface area contributed by atoms with E-state index >= 15 is 0 Å². The summed E-state index contributed by atoms with van der Waals surface area (Å²) in [7, 11) is 0. The summed E-state index contributed by atoms with van der Waals surface area (Å²) >= 11 is 0. The second-order valence-corrected chi connectivity index (χ2v) is 21.3. The van der Waals surface area contributed by atoms with Gasteiger partial charge in [0, 0.05) is 19.3 Å². The molecule has 69 heavy (non-hydrogen) atoms. The van der Waals surface area contributed by atoms with Gasteiger partial charge in [0.25, 0.3) is 0 Å². The molecular weight excluding hydrogens is 853 g/mol. The van der Waals surface area contributed by atoms with Crippen LogP contribution in [-0.4, -0.2) is 37.2 Å². The monoisotopic (exact) mass is 973 g/mol. The molecule has 0 spiro atoms. The Balaban J connectivity index is 4.15. The van der Waals surface area contributed by atoms with Gasteiger partial charge in [0.05, 0.1) is 0 Å². The molecule has 0 N–H and O–H groups in total. The smallest absolute Gasteiger partial charge is 0.306 e. The van der Waals surface area contributed by atoms with E-state index in [4.69, 9.17) is 14.2 Å². The van der Waals surface area contributed by atoms with E-state index in [0.717, 1.165) is 64.2 Å². The van der Waals surface area contributed by atoms with Crippen LogP contribution in [0.15, 0.2) is 12.2 Å². The third kappa shape index (κ3) is 56.9. The lowest BCUT2D eigenvalue weighted by atomic mass is 10.0. The first-order valence-electron chi connectivity index (χ1n) is 31.2. The third-order valence-corrected chi connectivity index (χ3v) is 14.3. The molecule has 0 radical (unpaired) electrons. The van der Waals surface area contributed by atoms with Crippen LogP contribution in [0.4, 0.5) is 0 Å². The molecule has 0 aromatic heterocycles. The lowest BCUT2D eigenvalue weighted by Crippen LogP contribution is -2.30. The number of hydrogen-bond acceptors (Lipinski definition) is 6. The molecule has 0 heterocycles. The predicted molar refractivity (Wildman–Crippen MR) is 298 cm³/mol. The summed E-state index contributed by atoms with van der Waals surface area (Å²) in [5.41, 5.74) is 0. The van der Waals surface area contributed by atoms with Gasteiger partial charge >= 0.3 is 17.9 Å². The Hall–Kier alpha value is -1.85. The molecular formula is C63H120O6. The minimum absolute atomic E-state index is 0.0664. The van der Waals surface area contributed by atoms with Gasteiger partial charge < -0.3 is 14.2 Å². The number of carbonyl (C=O) groups is 3. The Bertz CT molecular complexity index is 1070. The molecule has 0 aliphatic rings. The van der Waals surface area contributed by atoms with Crippen molar-refractivity contribution in [2.24, 2.45) is 0 Å². The minimum Gasteiger partial charge on any atom is -0.462 e. The molecule has 0 aromatic rings. The van der Waals surface area contributed by atoms with Crippen LogP contribution < -0.4 is 0 Å². The standard InChI is InChI=1S/C63H120O6/c1-4-7-10-13-16-19-22-24-26-27-28-29-30-31-32-33-34-35-37-38-41-44-47-50-53-56-62(65)68-59-60(58-67-61(64)55-52-49-46-43-40-21-18-15-12-9-6-3)69-63(66)57-54-51-48-45-42-39-36-25-23-20-17-14-11-8-5-2/h15,18,60H,4-14,16-17,19-59H2,1-3H3/b18-15-. The molecule has 408 valence electrons. The molecule has 0 aromatic carbocycles. The molecule has 0 bridgehead atoms. The van der Waals surface area contributed by atoms with E-state index in [1.54, 1.807) is 0 Å². The van der Waals surface area contributed by atoms with Crippen molar-refractivity contribution in [1.29, 1.82) is 0 Å². The fraction of sp³-hybridized carbons (Fsp3) is 0.921. The van der Waals surface area contributed by atoms with Crippen LogP contribution in [0.25, 0.3) is 0 Å². The Morgan fingerprint density at radius 2 is 0.493 bits per heavy atom. The number of unbranched alkanes of at least 4 members (excludes halogenated alkanes) is 45. The van der Waals surface area contributed by atoms with Gasteiger partial charge in [0.2, 0.25) is 0 Å². The Labute approximate surface area is 431 Å². The van der Waals surface area contributed by atoms with E-state index in [-0.39, 0.29) is 31.1 Å². The maximum atomic E-state index is 12.8. The molecule has 1 atom stereocenters. The van der Waals surface area contributed by atoms with Gasteiger partial charge in [-0.1, -0.05) is 309 Å². The molecule has 0 aliphatic carbocycles. The van der Waals surface area contributed by atoms with Gasteiger partial charge in [-0.05, 0) is 38.5 Å². The first-order chi connectivity index (χ1) is 34.0. The summed E-state index contributed by atoms with van der Waals surface area (Å²) in [5.74, 6) is -0.850. The molecule has 6 nitrogen and oxygen atoms in total. The Kier molecular flexibility index (Phi) is 57.1. The average molecular weight is 974 g/mol. The highest BCUT2D eigenvalue weighted by Crippen LogP contribution is 2.18. The zero-order valence-corrected chi connectivity index (χ0v) is 46.9. The van der Waals surface area contributed by atoms with Crippen LogP contribution in [-0.2, 0) is 28.6 Å². The van der Waals surface area contributed by atoms with Crippen molar-refractivity contribution in [3.8, 4) is 0 Å². The summed E-state index contributed by atoms with van der Waals surface area (Å²) in [4.78, 5) is 38.1. The second kappa shape index (κ2) is 58.7. The van der Waals surface area contributed by atoms with Gasteiger partial charge in [0.1, 0.15) is 13.2 Å². The number of esters is 3. The third-order valence-electron chi connectivity index (χ3n) is 14.3. The Morgan fingerprint density at radius 1 is 0.275 bits per heavy atom. The van der Waals surface area contributed by atoms with E-state index in [2.05, 4.69) is 32.9 Å². The van der Waals surface area contributed by atoms with Gasteiger partial charge in [-0.3, -0.25) is 14.4 Å². The fourth-order valence-electron chi connectivity index (χ4n) is 9.55. The largest absolute Gasteiger partial charge is 0.462 e. The summed E-state index contributed by atoms with van der Waals surface area (Å²) < 4.78 is 16.9. The summed E-state index contributed by atoms with van der Waals surface area (Å²) in [6, 6.07) is 0. The zero-order chi connectivity index (χ0) is 50.0. The number of carbonyl (C=O) groups excluding carboxylic acids is 3. The van der Waals surface area contributed by atoms with Gasteiger partial charge in [-0.2, -0.15) is 0 Å². The maximum absolute atomic E-state index is 12.8. The summed E-state index contributed by atoms with van der Waals surface area (Å²) in [6.07, 6.45) is 68.0. The lowest BCUT2D eigenvalue weighted by Gasteiger charge is -2.18. The highest BCUT2D eigenvalue weighted by molar-refractivity contribution is 5.71. The van der Waals surface area contributed by atoms with E-state index in [0.29, 0.717) is 19.3 Å². The first-order valence-corrected chi connectivity index (χ1v) is 31.2. The van der Waals surface area contributed by atoms with Crippen LogP contribution >= 0.6 is 0 Å². The van der Waals surface area contributed by atoms with Crippen molar-refractivity contribution in [3.05, 3.63) is 12.2 Å². The highest BCUT2D eigenvalue weighted by Gasteiger charge is 2.19. The molecule has 0 fully saturated rings. The second-order valence-electron chi connectivity index (χ2n) is 21.3. The van der Waals surface area contributed by atoms with Crippen molar-refractivity contribution < 1.29 is 28.6 Å². The Morgan fingerprint density at radius 3 is 0.768 bits per heavy atom. The number of ether oxygens (including phenoxy) is 3. The van der Waals surface area contributed by atoms with Gasteiger partial charge in [0.15, 0.2) is 6.10 Å². The highest BCUT2D eigenvalue weighted by atomic mass is 16.6. The minimum atomic E-state index is -0.767. The van der Waals surface area contributed by atoms with Crippen molar-refractivity contribution in [2.45, 2.75) is 361 Å². The number of hydrogen-bond donors (Lipinski definition) is 0. The molecule has 6 heteroatoms. The van der Waals surface area contributed by atoms with Gasteiger partial charge in [-0.15, -0.1) is 0 Å². The van der Waals surface area contributed by atoms with Crippen molar-refractivity contribution in [1.82, 2.24) is 0 Å². The van der Waals surface area contributed by atoms with Crippen LogP contribution in [0.2, 0.25) is 0 Å². The zero-order valence-electron chi connectivity index (χ0n) is 46.9. The number of allylic oxidation sites excluding steroid dienone is 2. The van der Waals surface area contributed by atoms with E-state index in [9.17, 15) is 14.4 Å². The topological polar surface area (TPSA) is 78.9 Å². The van der Waals surface area contributed by atoms with Crippen LogP contribution in [0, 0.1) is 0 Å². The van der Waals surface area contributed by atoms with Gasteiger partial charge in [-0.25, -0.2) is 0 Å². The molecule has 0 amide bonds. The fourth-order valence-corrected chi connectivity index (χ4v) is 9.55. The number of rotatable bonds is 58. The average Bonchev–Trinajstić information content (AvgIpc) is 3.35. The van der Waals surface area contributed by atoms with E-state index in [1.807, 2.05) is 0 Å². The predicted octanol–water partition coefficient (Wildman–Crippen LogP) is 20.9. The molecule has 0 aliphatic heterocycles. The van der Waals surface area contributed by atoms with E-state index in [1.165, 1.54) is 250 Å². The van der Waals surface area contributed by atoms with Crippen molar-refractivity contribution >= 4 is 17.9 Å². The quantitative estimate of drug-likeness (QED) is 0.0261. The normalized spacial score (nSPS) is 12.0. The molecule has 0 saturated heterocycles. The first kappa shape index (κ1) is 67.1. The van der Waals surface area contributed by atoms with E-state index < -0.39 is 6.10 Å². The van der Waals surface area contributed by atoms with Crippen molar-refractivity contribution in [3.63, 3.8) is 0 Å². The van der Waals surface area contributed by atoms with Crippen LogP contribution in [0.5, 0.6) is 0 Å². The molecule has 1 unspecified atom stereocenters. The molecule has 0 saturated carbocycles. The van der Waals surface area contributed by atoms with Crippen LogP contribution in [0.3, 0.4) is 0 Å². The summed E-state index contributed by atoms with van der Waals surface area (Å²) in [5, 5.41) is 0. The van der Waals surface area contributed by atoms with Crippen molar-refractivity contribution in [2.75, 3.05) is 13.2 Å². The maximum Gasteiger partial charge on any atom is 0.306 e. The molecule has 0 rings (SSSR count). The summed E-state index contributed by atoms with van der Waals surface area (Å²) in [6.45, 7) is 6.66. The van der Waals surface area contributed by atoms with Crippen LogP contribution in [0.1, 0.15) is 355 Å². The SMILES string of the molecule is CCCC/C=C\CCCCCCCC(=O)OCC(COC(=O)CCCCCCCCCCCCCCCCCCCCCCCCCCC)OC(=O)CCCCCCCCCCCCCCCCC. The lowest BCUT2D eigenvalue weighted by molar-refractivity contribution is -0.167.